The molecule has 0 saturated carbocycles. The summed E-state index contributed by atoms with van der Waals surface area (Å²) in [4.78, 5) is 0. The maximum absolute atomic E-state index is 5.40. The lowest BCUT2D eigenvalue weighted by Gasteiger charge is -2.10. The van der Waals surface area contributed by atoms with Gasteiger partial charge in [-0.05, 0) is 90.7 Å². The van der Waals surface area contributed by atoms with E-state index in [1.165, 1.54) is 0 Å². The maximum Gasteiger partial charge on any atom is 0.0588 e. The predicted octanol–water partition coefficient (Wildman–Crippen LogP) is 3.95. The van der Waals surface area contributed by atoms with Crippen LogP contribution >= 0.6 is 0 Å². The molecule has 2 rings (SSSR count). The van der Waals surface area contributed by atoms with Gasteiger partial charge in [-0.15, -0.1) is 6.42 Å². The van der Waals surface area contributed by atoms with E-state index >= 15 is 0 Å². The molecule has 0 saturated heterocycles. The molecule has 0 aliphatic rings. The van der Waals surface area contributed by atoms with Gasteiger partial charge in [-0.3, -0.25) is 0 Å². The first-order chi connectivity index (χ1) is 15.3. The van der Waals surface area contributed by atoms with E-state index < -0.39 is 0 Å². The van der Waals surface area contributed by atoms with Crippen LogP contribution in [0.15, 0.2) is 24.3 Å². The maximum atomic E-state index is 5.40. The molecule has 0 aliphatic carbocycles. The van der Waals surface area contributed by atoms with E-state index in [1.807, 2.05) is 24.3 Å². The molecule has 0 fully saturated rings. The van der Waals surface area contributed by atoms with Crippen LogP contribution in [-0.2, 0) is 0 Å². The number of fused-ring (bicyclic) bond motifs is 1. The van der Waals surface area contributed by atoms with Crippen LogP contribution in [-0.4, -0.2) is 0 Å². The third-order valence-electron chi connectivity index (χ3n) is 3.73. The van der Waals surface area contributed by atoms with Crippen molar-refractivity contribution in [3.63, 3.8) is 0 Å². The molecule has 0 aliphatic heterocycles. The van der Waals surface area contributed by atoms with Crippen LogP contribution in [0.25, 0.3) is 10.8 Å². The van der Waals surface area contributed by atoms with Crippen LogP contribution in [0.4, 0.5) is 0 Å². The summed E-state index contributed by atoms with van der Waals surface area (Å²) >= 11 is 0. The highest BCUT2D eigenvalue weighted by molar-refractivity contribution is 5.98. The molecule has 0 atom stereocenters. The average molecular weight is 386 g/mol. The average Bonchev–Trinajstić information content (AvgIpc) is 2.79. The monoisotopic (exact) mass is 386 g/mol. The number of hydrogen-bond acceptors (Lipinski definition) is 0. The molecule has 0 amide bonds. The van der Waals surface area contributed by atoms with E-state index in [0.717, 1.165) is 10.8 Å². The molecule has 0 nitrogen and oxygen atoms in total. The first-order valence-corrected chi connectivity index (χ1v) is 9.12. The van der Waals surface area contributed by atoms with Crippen molar-refractivity contribution >= 4 is 10.8 Å². The second-order valence-corrected chi connectivity index (χ2v) is 5.56. The largest absolute Gasteiger partial charge is 0.106 e. The summed E-state index contributed by atoms with van der Waals surface area (Å²) in [5.74, 6) is 47.8. The van der Waals surface area contributed by atoms with Crippen LogP contribution in [0, 0.1) is 107 Å². The third-order valence-corrected chi connectivity index (χ3v) is 3.73. The normalized spacial score (nSPS) is 7.03. The summed E-state index contributed by atoms with van der Waals surface area (Å²) in [6.07, 6.45) is 5.40. The Morgan fingerprint density at radius 2 is 0.871 bits per heavy atom. The molecule has 0 heterocycles. The molecule has 138 valence electrons. The Kier molecular flexibility index (Phi) is 8.71. The second kappa shape index (κ2) is 12.2. The van der Waals surface area contributed by atoms with E-state index in [9.17, 15) is 0 Å². The van der Waals surface area contributed by atoms with E-state index in [2.05, 4.69) is 101 Å². The van der Waals surface area contributed by atoms with E-state index in [-0.39, 0.29) is 0 Å². The first kappa shape index (κ1) is 22.0. The predicted molar refractivity (Wildman–Crippen MR) is 128 cm³/mol. The van der Waals surface area contributed by atoms with Crippen molar-refractivity contribution in [3.05, 3.63) is 46.5 Å². The van der Waals surface area contributed by atoms with Crippen molar-refractivity contribution in [2.45, 2.75) is 20.8 Å². The van der Waals surface area contributed by atoms with Gasteiger partial charge in [0.15, 0.2) is 0 Å². The Morgan fingerprint density at radius 3 is 1.35 bits per heavy atom. The smallest absolute Gasteiger partial charge is 0.0588 e. The second-order valence-electron chi connectivity index (χ2n) is 5.56. The van der Waals surface area contributed by atoms with Crippen molar-refractivity contribution in [1.82, 2.24) is 0 Å². The SMILES string of the molecule is C#CC#Cc1c(C#CC#CC)c(C#CC#CC#CC)c2ccccc2c1C#CC#CC. The Morgan fingerprint density at radius 1 is 0.484 bits per heavy atom. The summed E-state index contributed by atoms with van der Waals surface area (Å²) in [6, 6.07) is 7.78. The molecule has 0 heteroatoms. The highest BCUT2D eigenvalue weighted by atomic mass is 14.1. The minimum absolute atomic E-state index is 0.595. The van der Waals surface area contributed by atoms with E-state index in [4.69, 9.17) is 6.42 Å². The lowest BCUT2D eigenvalue weighted by molar-refractivity contribution is 1.56. The number of hydrogen-bond donors (Lipinski definition) is 0. The van der Waals surface area contributed by atoms with Gasteiger partial charge in [-0.2, -0.15) is 0 Å². The third kappa shape index (κ3) is 5.86. The Balaban J connectivity index is 3.11. The molecule has 2 aromatic carbocycles. The number of terminal acetylenes is 1. The summed E-state index contributed by atoms with van der Waals surface area (Å²) in [5.41, 5.74) is 2.59. The number of rotatable bonds is 0. The molecule has 2 aromatic rings. The molecular weight excluding hydrogens is 372 g/mol. The molecule has 0 unspecified atom stereocenters. The van der Waals surface area contributed by atoms with Crippen LogP contribution < -0.4 is 0 Å². The summed E-state index contributed by atoms with van der Waals surface area (Å²) in [6.45, 7) is 5.17. The standard InChI is InChI=1S/C31H14/c1-5-9-13-14-17-23-29-27(21-15-10-6-2)26(20-12-8-4)28(22-16-11-7-3)30-24-18-19-25-31(29)30/h4,18-19,24-25H,1-3H3. The van der Waals surface area contributed by atoms with Crippen LogP contribution in [0.5, 0.6) is 0 Å². The molecule has 0 bridgehead atoms. The number of benzene rings is 2. The van der Waals surface area contributed by atoms with Crippen molar-refractivity contribution in [2.75, 3.05) is 0 Å². The van der Waals surface area contributed by atoms with Gasteiger partial charge in [0.1, 0.15) is 0 Å². The Hall–Kier alpha value is -5.26. The summed E-state index contributed by atoms with van der Waals surface area (Å²) in [7, 11) is 0. The molecular formula is C31H14. The molecule has 0 aromatic heterocycles. The Labute approximate surface area is 185 Å². The fraction of sp³-hybridized carbons (Fsp3) is 0.0968. The zero-order chi connectivity index (χ0) is 22.3. The van der Waals surface area contributed by atoms with Gasteiger partial charge < -0.3 is 0 Å². The van der Waals surface area contributed by atoms with Crippen molar-refractivity contribution < 1.29 is 0 Å². The fourth-order valence-corrected chi connectivity index (χ4v) is 2.58. The van der Waals surface area contributed by atoms with Gasteiger partial charge in [0, 0.05) is 0 Å². The van der Waals surface area contributed by atoms with Crippen molar-refractivity contribution in [2.24, 2.45) is 0 Å². The molecule has 0 spiro atoms. The Bertz CT molecular complexity index is 1590. The minimum Gasteiger partial charge on any atom is -0.106 e. The lowest BCUT2D eigenvalue weighted by atomic mass is 9.89. The van der Waals surface area contributed by atoms with Crippen LogP contribution in [0.2, 0.25) is 0 Å². The zero-order valence-electron chi connectivity index (χ0n) is 17.4. The quantitative estimate of drug-likeness (QED) is 0.602. The van der Waals surface area contributed by atoms with Gasteiger partial charge in [0.05, 0.1) is 22.3 Å². The van der Waals surface area contributed by atoms with E-state index in [1.54, 1.807) is 20.8 Å². The van der Waals surface area contributed by atoms with Crippen LogP contribution in [0.3, 0.4) is 0 Å². The van der Waals surface area contributed by atoms with Gasteiger partial charge in [0.2, 0.25) is 0 Å². The van der Waals surface area contributed by atoms with E-state index in [0.29, 0.717) is 22.3 Å². The van der Waals surface area contributed by atoms with Crippen LogP contribution in [0.1, 0.15) is 43.0 Å². The highest BCUT2D eigenvalue weighted by Crippen LogP contribution is 2.29. The lowest BCUT2D eigenvalue weighted by Crippen LogP contribution is -1.98. The van der Waals surface area contributed by atoms with Gasteiger partial charge in [-0.25, -0.2) is 0 Å². The first-order valence-electron chi connectivity index (χ1n) is 9.12. The topological polar surface area (TPSA) is 0 Å². The molecule has 0 radical (unpaired) electrons. The van der Waals surface area contributed by atoms with Crippen molar-refractivity contribution in [3.8, 4) is 107 Å². The van der Waals surface area contributed by atoms with Gasteiger partial charge >= 0.3 is 0 Å². The highest BCUT2D eigenvalue weighted by Gasteiger charge is 2.15. The molecule has 31 heavy (non-hydrogen) atoms. The minimum atomic E-state index is 0.595. The summed E-state index contributed by atoms with van der Waals surface area (Å²) < 4.78 is 0. The van der Waals surface area contributed by atoms with Gasteiger partial charge in [0.25, 0.3) is 0 Å². The summed E-state index contributed by atoms with van der Waals surface area (Å²) in [5, 5.41) is 1.76. The molecule has 0 N–H and O–H groups in total. The van der Waals surface area contributed by atoms with Crippen molar-refractivity contribution in [1.29, 1.82) is 0 Å². The fourth-order valence-electron chi connectivity index (χ4n) is 2.58. The van der Waals surface area contributed by atoms with Gasteiger partial charge in [-0.1, -0.05) is 65.7 Å². The zero-order valence-corrected chi connectivity index (χ0v) is 17.4.